The number of carbonyl (C=O) groups excluding carboxylic acids is 1. The Bertz CT molecular complexity index is 538. The van der Waals surface area contributed by atoms with E-state index in [2.05, 4.69) is 10.2 Å². The number of H-pyrrole nitrogens is 1. The summed E-state index contributed by atoms with van der Waals surface area (Å²) in [5.41, 5.74) is 1.63. The number of ether oxygens (including phenoxy) is 1. The lowest BCUT2D eigenvalue weighted by Gasteiger charge is -2.42. The van der Waals surface area contributed by atoms with Crippen LogP contribution in [0.5, 0.6) is 0 Å². The Balaban J connectivity index is 1.63. The standard InChI is InChI=1S/C16H25N3O3/c1-11-6-13(18-17-11)7-12-8-19(9-14(12)20)15(21)16(10-22-2)4-3-5-16/h6,12,14,20H,3-5,7-10H2,1-2H3,(H,17,18)/t12-,14+/m1/s1. The predicted molar refractivity (Wildman–Crippen MR) is 81.3 cm³/mol. The Kier molecular flexibility index (Phi) is 4.23. The van der Waals surface area contributed by atoms with Crippen LogP contribution >= 0.6 is 0 Å². The Morgan fingerprint density at radius 2 is 2.32 bits per heavy atom. The monoisotopic (exact) mass is 307 g/mol. The summed E-state index contributed by atoms with van der Waals surface area (Å²) < 4.78 is 5.26. The second kappa shape index (κ2) is 6.01. The van der Waals surface area contributed by atoms with Crippen molar-refractivity contribution in [1.29, 1.82) is 0 Å². The number of aromatic amines is 1. The van der Waals surface area contributed by atoms with Gasteiger partial charge in [0.1, 0.15) is 0 Å². The predicted octanol–water partition coefficient (Wildman–Crippen LogP) is 0.897. The molecule has 2 atom stereocenters. The molecule has 0 spiro atoms. The van der Waals surface area contributed by atoms with E-state index in [0.29, 0.717) is 26.1 Å². The number of nitrogens with zero attached hydrogens (tertiary/aromatic N) is 2. The maximum absolute atomic E-state index is 12.8. The molecule has 2 aliphatic rings. The molecule has 122 valence electrons. The van der Waals surface area contributed by atoms with Crippen LogP contribution in [0.1, 0.15) is 30.7 Å². The molecule has 6 nitrogen and oxygen atoms in total. The van der Waals surface area contributed by atoms with Crippen LogP contribution in [0.3, 0.4) is 0 Å². The highest BCUT2D eigenvalue weighted by atomic mass is 16.5. The third kappa shape index (κ3) is 2.77. The van der Waals surface area contributed by atoms with Gasteiger partial charge < -0.3 is 14.7 Å². The molecule has 1 saturated heterocycles. The van der Waals surface area contributed by atoms with E-state index >= 15 is 0 Å². The van der Waals surface area contributed by atoms with Crippen molar-refractivity contribution in [3.8, 4) is 0 Å². The van der Waals surface area contributed by atoms with Gasteiger partial charge in [0.05, 0.1) is 23.8 Å². The molecular weight excluding hydrogens is 282 g/mol. The topological polar surface area (TPSA) is 78.5 Å². The third-order valence-corrected chi connectivity index (χ3v) is 5.11. The van der Waals surface area contributed by atoms with Crippen molar-refractivity contribution >= 4 is 5.91 Å². The average Bonchev–Trinajstić information content (AvgIpc) is 3.01. The lowest BCUT2D eigenvalue weighted by Crippen LogP contribution is -2.50. The minimum absolute atomic E-state index is 0.0614. The Morgan fingerprint density at radius 3 is 2.86 bits per heavy atom. The molecule has 1 aromatic rings. The van der Waals surface area contributed by atoms with E-state index in [-0.39, 0.29) is 17.2 Å². The third-order valence-electron chi connectivity index (χ3n) is 5.11. The molecule has 1 aromatic heterocycles. The number of likely N-dealkylation sites (tertiary alicyclic amines) is 1. The molecule has 1 amide bonds. The number of methoxy groups -OCH3 is 1. The molecule has 2 fully saturated rings. The number of hydrogen-bond donors (Lipinski definition) is 2. The van der Waals surface area contributed by atoms with Crippen LogP contribution in [0.15, 0.2) is 6.07 Å². The minimum Gasteiger partial charge on any atom is -0.391 e. The summed E-state index contributed by atoms with van der Waals surface area (Å²) in [4.78, 5) is 14.6. The lowest BCUT2D eigenvalue weighted by molar-refractivity contribution is -0.151. The van der Waals surface area contributed by atoms with Crippen LogP contribution < -0.4 is 0 Å². The SMILES string of the molecule is COCC1(C(=O)N2C[C@@H](Cc3cc(C)[nH]n3)[C@@H](O)C2)CCC1. The molecular formula is C16H25N3O3. The minimum atomic E-state index is -0.472. The van der Waals surface area contributed by atoms with Gasteiger partial charge in [-0.05, 0) is 32.3 Å². The molecule has 6 heteroatoms. The van der Waals surface area contributed by atoms with Gasteiger partial charge in [-0.3, -0.25) is 9.89 Å². The summed E-state index contributed by atoms with van der Waals surface area (Å²) in [5.74, 6) is 0.215. The zero-order chi connectivity index (χ0) is 15.7. The molecule has 1 aliphatic carbocycles. The molecule has 0 aromatic carbocycles. The molecule has 0 unspecified atom stereocenters. The van der Waals surface area contributed by atoms with Crippen molar-refractivity contribution in [3.05, 3.63) is 17.5 Å². The van der Waals surface area contributed by atoms with Crippen molar-refractivity contribution in [3.63, 3.8) is 0 Å². The smallest absolute Gasteiger partial charge is 0.231 e. The number of aliphatic hydroxyl groups excluding tert-OH is 1. The summed E-state index contributed by atoms with van der Waals surface area (Å²) in [5, 5.41) is 17.5. The number of aryl methyl sites for hydroxylation is 1. The molecule has 1 saturated carbocycles. The highest BCUT2D eigenvalue weighted by Gasteiger charge is 2.48. The second-order valence-electron chi connectivity index (χ2n) is 6.85. The summed E-state index contributed by atoms with van der Waals surface area (Å²) >= 11 is 0. The zero-order valence-electron chi connectivity index (χ0n) is 13.3. The fraction of sp³-hybridized carbons (Fsp3) is 0.750. The van der Waals surface area contributed by atoms with E-state index in [9.17, 15) is 9.90 Å². The molecule has 3 rings (SSSR count). The molecule has 2 N–H and O–H groups in total. The normalized spacial score (nSPS) is 27.0. The van der Waals surface area contributed by atoms with E-state index in [0.717, 1.165) is 30.7 Å². The quantitative estimate of drug-likeness (QED) is 0.847. The van der Waals surface area contributed by atoms with Gasteiger partial charge in [0, 0.05) is 31.8 Å². The Labute approximate surface area is 130 Å². The number of carbonyl (C=O) groups is 1. The van der Waals surface area contributed by atoms with E-state index in [1.165, 1.54) is 0 Å². The van der Waals surface area contributed by atoms with Crippen molar-refractivity contribution in [2.45, 2.75) is 38.7 Å². The molecule has 22 heavy (non-hydrogen) atoms. The lowest BCUT2D eigenvalue weighted by atomic mass is 9.68. The molecule has 0 radical (unpaired) electrons. The summed E-state index contributed by atoms with van der Waals surface area (Å²) in [6, 6.07) is 2.00. The van der Waals surface area contributed by atoms with Gasteiger partial charge in [0.25, 0.3) is 0 Å². The number of aliphatic hydroxyl groups is 1. The number of hydrogen-bond acceptors (Lipinski definition) is 4. The van der Waals surface area contributed by atoms with Gasteiger partial charge in [-0.1, -0.05) is 6.42 Å². The van der Waals surface area contributed by atoms with Crippen LogP contribution in [0.25, 0.3) is 0 Å². The van der Waals surface area contributed by atoms with Gasteiger partial charge in [-0.15, -0.1) is 0 Å². The van der Waals surface area contributed by atoms with Crippen molar-refractivity contribution in [2.75, 3.05) is 26.8 Å². The van der Waals surface area contributed by atoms with E-state index in [4.69, 9.17) is 4.74 Å². The second-order valence-corrected chi connectivity index (χ2v) is 6.85. The summed E-state index contributed by atoms with van der Waals surface area (Å²) in [6.07, 6.45) is 3.11. The van der Waals surface area contributed by atoms with Gasteiger partial charge in [0.15, 0.2) is 0 Å². The maximum Gasteiger partial charge on any atom is 0.231 e. The van der Waals surface area contributed by atoms with Gasteiger partial charge in [-0.25, -0.2) is 0 Å². The largest absolute Gasteiger partial charge is 0.391 e. The number of β-amino-alcohol motifs (C(OH)–C–C–N with tert-alkyl or cyclic N) is 1. The van der Waals surface area contributed by atoms with Gasteiger partial charge in [-0.2, -0.15) is 5.10 Å². The number of amides is 1. The highest BCUT2D eigenvalue weighted by molar-refractivity contribution is 5.84. The maximum atomic E-state index is 12.8. The van der Waals surface area contributed by atoms with Crippen molar-refractivity contribution in [2.24, 2.45) is 11.3 Å². The first kappa shape index (κ1) is 15.5. The van der Waals surface area contributed by atoms with Crippen LogP contribution in [-0.4, -0.2) is 59.0 Å². The number of rotatable bonds is 5. The summed E-state index contributed by atoms with van der Waals surface area (Å²) in [6.45, 7) is 3.49. The van der Waals surface area contributed by atoms with Gasteiger partial charge in [0.2, 0.25) is 5.91 Å². The number of nitrogens with one attached hydrogen (secondary N) is 1. The fourth-order valence-corrected chi connectivity index (χ4v) is 3.70. The highest BCUT2D eigenvalue weighted by Crippen LogP contribution is 2.43. The molecule has 1 aliphatic heterocycles. The van der Waals surface area contributed by atoms with Gasteiger partial charge >= 0.3 is 0 Å². The zero-order valence-corrected chi connectivity index (χ0v) is 13.3. The Hall–Kier alpha value is -1.40. The van der Waals surface area contributed by atoms with Crippen molar-refractivity contribution in [1.82, 2.24) is 15.1 Å². The van der Waals surface area contributed by atoms with Crippen LogP contribution in [-0.2, 0) is 16.0 Å². The first-order valence-corrected chi connectivity index (χ1v) is 8.01. The van der Waals surface area contributed by atoms with E-state index in [1.54, 1.807) is 7.11 Å². The van der Waals surface area contributed by atoms with E-state index in [1.807, 2.05) is 17.9 Å². The molecule has 2 heterocycles. The molecule has 0 bridgehead atoms. The first-order valence-electron chi connectivity index (χ1n) is 8.01. The summed E-state index contributed by atoms with van der Waals surface area (Å²) in [7, 11) is 1.65. The van der Waals surface area contributed by atoms with Crippen molar-refractivity contribution < 1.29 is 14.6 Å². The van der Waals surface area contributed by atoms with Crippen LogP contribution in [0.2, 0.25) is 0 Å². The number of aromatic nitrogens is 2. The average molecular weight is 307 g/mol. The van der Waals surface area contributed by atoms with Crippen LogP contribution in [0, 0.1) is 18.3 Å². The van der Waals surface area contributed by atoms with E-state index < -0.39 is 6.10 Å². The fourth-order valence-electron chi connectivity index (χ4n) is 3.70. The van der Waals surface area contributed by atoms with Crippen LogP contribution in [0.4, 0.5) is 0 Å². The Morgan fingerprint density at radius 1 is 1.55 bits per heavy atom. The first-order chi connectivity index (χ1) is 10.5.